The SMILES string of the molecule is Fc1ccc(-c2cncc3[nH]c(-c4n[nH]c5cnc(-c6cncc(CN7CCCCC7)c6)cc45)cc23)s1. The zero-order valence-corrected chi connectivity index (χ0v) is 20.9. The molecular weight excluding hydrogens is 485 g/mol. The van der Waals surface area contributed by atoms with Gasteiger partial charge in [0.2, 0.25) is 0 Å². The molecule has 0 unspecified atom stereocenters. The normalized spacial score (nSPS) is 14.6. The molecule has 0 radical (unpaired) electrons. The summed E-state index contributed by atoms with van der Waals surface area (Å²) in [6.45, 7) is 3.21. The van der Waals surface area contributed by atoms with E-state index in [1.54, 1.807) is 18.5 Å². The molecule has 1 fully saturated rings. The lowest BCUT2D eigenvalue weighted by molar-refractivity contribution is 0.220. The van der Waals surface area contributed by atoms with Gasteiger partial charge in [0.05, 0.1) is 34.8 Å². The molecule has 6 aromatic heterocycles. The van der Waals surface area contributed by atoms with E-state index in [2.05, 4.69) is 48.2 Å². The van der Waals surface area contributed by atoms with E-state index in [0.717, 1.165) is 85.9 Å². The number of nitrogens with one attached hydrogen (secondary N) is 2. The third-order valence-electron chi connectivity index (χ3n) is 7.03. The van der Waals surface area contributed by atoms with Crippen molar-refractivity contribution in [1.82, 2.24) is 35.0 Å². The fraction of sp³-hybridized carbons (Fsp3) is 0.214. The van der Waals surface area contributed by atoms with E-state index in [1.165, 1.54) is 30.9 Å². The van der Waals surface area contributed by atoms with Gasteiger partial charge in [-0.2, -0.15) is 9.49 Å². The van der Waals surface area contributed by atoms with Crippen molar-refractivity contribution >= 4 is 33.1 Å². The minimum atomic E-state index is -0.212. The van der Waals surface area contributed by atoms with Gasteiger partial charge in [-0.05, 0) is 61.8 Å². The first-order valence-corrected chi connectivity index (χ1v) is 13.3. The molecule has 1 aliphatic heterocycles. The number of halogens is 1. The van der Waals surface area contributed by atoms with Crippen LogP contribution in [0.25, 0.3) is 54.9 Å². The smallest absolute Gasteiger partial charge is 0.176 e. The molecule has 0 saturated carbocycles. The number of fused-ring (bicyclic) bond motifs is 2. The Morgan fingerprint density at radius 1 is 0.892 bits per heavy atom. The van der Waals surface area contributed by atoms with Crippen molar-refractivity contribution in [3.63, 3.8) is 0 Å². The maximum atomic E-state index is 13.7. The van der Waals surface area contributed by atoms with E-state index in [9.17, 15) is 4.39 Å². The minimum Gasteiger partial charge on any atom is -0.352 e. The summed E-state index contributed by atoms with van der Waals surface area (Å²) in [4.78, 5) is 20.4. The Morgan fingerprint density at radius 3 is 2.65 bits per heavy atom. The molecule has 7 heterocycles. The zero-order valence-electron chi connectivity index (χ0n) is 20.0. The molecular formula is C28H24FN7S. The van der Waals surface area contributed by atoms with Crippen LogP contribution >= 0.6 is 11.3 Å². The molecule has 184 valence electrons. The number of rotatable bonds is 5. The van der Waals surface area contributed by atoms with Crippen molar-refractivity contribution in [3.05, 3.63) is 72.0 Å². The predicted molar refractivity (Wildman–Crippen MR) is 145 cm³/mol. The van der Waals surface area contributed by atoms with Crippen LogP contribution in [0.3, 0.4) is 0 Å². The number of aromatic amines is 2. The van der Waals surface area contributed by atoms with Gasteiger partial charge in [0.1, 0.15) is 5.69 Å². The molecule has 37 heavy (non-hydrogen) atoms. The van der Waals surface area contributed by atoms with Crippen LogP contribution in [0.15, 0.2) is 61.3 Å². The fourth-order valence-corrected chi connectivity index (χ4v) is 5.96. The minimum absolute atomic E-state index is 0.212. The molecule has 6 aromatic rings. The molecule has 0 bridgehead atoms. The van der Waals surface area contributed by atoms with Gasteiger partial charge in [-0.3, -0.25) is 25.0 Å². The molecule has 1 saturated heterocycles. The quantitative estimate of drug-likeness (QED) is 0.280. The van der Waals surface area contributed by atoms with Crippen molar-refractivity contribution in [2.24, 2.45) is 0 Å². The van der Waals surface area contributed by atoms with Crippen LogP contribution in [0.5, 0.6) is 0 Å². The van der Waals surface area contributed by atoms with Crippen LogP contribution in [-0.2, 0) is 6.54 Å². The van der Waals surface area contributed by atoms with Crippen molar-refractivity contribution in [3.8, 4) is 33.1 Å². The van der Waals surface area contributed by atoms with E-state index in [4.69, 9.17) is 4.98 Å². The third-order valence-corrected chi connectivity index (χ3v) is 7.94. The standard InChI is InChI=1S/C28H24FN7S/c29-27-5-4-26(37-27)21-13-31-14-24-19(21)9-23(33-24)28-20-10-22(32-15-25(20)34-35-28)18-8-17(11-30-12-18)16-36-6-2-1-3-7-36/h4-5,8-15,33H,1-3,6-7,16H2,(H,34,35). The Bertz CT molecular complexity index is 1730. The monoisotopic (exact) mass is 509 g/mol. The number of hydrogen-bond donors (Lipinski definition) is 2. The van der Waals surface area contributed by atoms with Gasteiger partial charge >= 0.3 is 0 Å². The van der Waals surface area contributed by atoms with Crippen LogP contribution in [0.4, 0.5) is 4.39 Å². The second-order valence-corrected chi connectivity index (χ2v) is 10.6. The number of aromatic nitrogens is 6. The van der Waals surface area contributed by atoms with E-state index < -0.39 is 0 Å². The molecule has 0 amide bonds. The first-order valence-electron chi connectivity index (χ1n) is 12.4. The van der Waals surface area contributed by atoms with Gasteiger partial charge in [0.25, 0.3) is 0 Å². The van der Waals surface area contributed by atoms with Crippen molar-refractivity contribution in [1.29, 1.82) is 0 Å². The van der Waals surface area contributed by atoms with Crippen molar-refractivity contribution in [2.45, 2.75) is 25.8 Å². The molecule has 0 atom stereocenters. The van der Waals surface area contributed by atoms with Gasteiger partial charge in [0.15, 0.2) is 5.13 Å². The Kier molecular flexibility index (Phi) is 5.52. The molecule has 0 aliphatic carbocycles. The predicted octanol–water partition coefficient (Wildman–Crippen LogP) is 6.42. The highest BCUT2D eigenvalue weighted by atomic mass is 32.1. The summed E-state index contributed by atoms with van der Waals surface area (Å²) in [5, 5.41) is 9.44. The van der Waals surface area contributed by atoms with E-state index in [1.807, 2.05) is 18.6 Å². The lowest BCUT2D eigenvalue weighted by Gasteiger charge is -2.26. The lowest BCUT2D eigenvalue weighted by Crippen LogP contribution is -2.29. The molecule has 2 N–H and O–H groups in total. The first-order chi connectivity index (χ1) is 18.2. The van der Waals surface area contributed by atoms with Crippen LogP contribution in [-0.4, -0.2) is 48.1 Å². The number of likely N-dealkylation sites (tertiary alicyclic amines) is 1. The average molecular weight is 510 g/mol. The van der Waals surface area contributed by atoms with Crippen LogP contribution in [0, 0.1) is 5.13 Å². The Morgan fingerprint density at radius 2 is 1.78 bits per heavy atom. The molecule has 0 spiro atoms. The summed E-state index contributed by atoms with van der Waals surface area (Å²) in [6.07, 6.45) is 13.1. The number of thiophene rings is 1. The molecule has 7 nitrogen and oxygen atoms in total. The summed E-state index contributed by atoms with van der Waals surface area (Å²) in [5.74, 6) is 0. The van der Waals surface area contributed by atoms with E-state index in [0.29, 0.717) is 0 Å². The molecule has 1 aliphatic rings. The summed E-state index contributed by atoms with van der Waals surface area (Å²) in [5.41, 5.74) is 7.34. The number of hydrogen-bond acceptors (Lipinski definition) is 6. The van der Waals surface area contributed by atoms with Gasteiger partial charge in [-0.25, -0.2) is 0 Å². The summed E-state index contributed by atoms with van der Waals surface area (Å²) >= 11 is 1.12. The van der Waals surface area contributed by atoms with Crippen LogP contribution in [0.2, 0.25) is 0 Å². The highest BCUT2D eigenvalue weighted by Crippen LogP contribution is 2.36. The van der Waals surface area contributed by atoms with E-state index in [-0.39, 0.29) is 5.13 Å². The number of pyridine rings is 3. The topological polar surface area (TPSA) is 86.4 Å². The highest BCUT2D eigenvalue weighted by Gasteiger charge is 2.17. The second kappa shape index (κ2) is 9.17. The van der Waals surface area contributed by atoms with Crippen molar-refractivity contribution in [2.75, 3.05) is 13.1 Å². The first kappa shape index (κ1) is 22.3. The fourth-order valence-electron chi connectivity index (χ4n) is 5.20. The molecule has 9 heteroatoms. The van der Waals surface area contributed by atoms with Crippen LogP contribution in [0.1, 0.15) is 24.8 Å². The van der Waals surface area contributed by atoms with Gasteiger partial charge in [-0.15, -0.1) is 11.3 Å². The van der Waals surface area contributed by atoms with Crippen LogP contribution < -0.4 is 0 Å². The summed E-state index contributed by atoms with van der Waals surface area (Å²) in [6, 6.07) is 9.59. The van der Waals surface area contributed by atoms with Gasteiger partial charge in [-0.1, -0.05) is 6.42 Å². The zero-order chi connectivity index (χ0) is 24.8. The van der Waals surface area contributed by atoms with E-state index >= 15 is 0 Å². The Hall–Kier alpha value is -3.95. The number of piperidine rings is 1. The number of nitrogens with zero attached hydrogens (tertiary/aromatic N) is 5. The molecule has 0 aromatic carbocycles. The Labute approximate surface area is 216 Å². The van der Waals surface area contributed by atoms with Crippen molar-refractivity contribution < 1.29 is 4.39 Å². The number of H-pyrrole nitrogens is 2. The summed E-state index contributed by atoms with van der Waals surface area (Å²) < 4.78 is 13.7. The Balaban J connectivity index is 1.26. The molecule has 7 rings (SSSR count). The summed E-state index contributed by atoms with van der Waals surface area (Å²) in [7, 11) is 0. The van der Waals surface area contributed by atoms with Gasteiger partial charge in [0, 0.05) is 51.9 Å². The maximum Gasteiger partial charge on any atom is 0.176 e. The van der Waals surface area contributed by atoms with Gasteiger partial charge < -0.3 is 4.98 Å². The highest BCUT2D eigenvalue weighted by molar-refractivity contribution is 7.14. The average Bonchev–Trinajstić information content (AvgIpc) is 3.66. The lowest BCUT2D eigenvalue weighted by atomic mass is 10.1. The largest absolute Gasteiger partial charge is 0.352 e. The second-order valence-electron chi connectivity index (χ2n) is 9.54. The maximum absolute atomic E-state index is 13.7. The third kappa shape index (κ3) is 4.20.